The number of ether oxygens (including phenoxy) is 1. The van der Waals surface area contributed by atoms with Crippen molar-refractivity contribution in [2.75, 3.05) is 0 Å². The van der Waals surface area contributed by atoms with Crippen molar-refractivity contribution in [3.05, 3.63) is 25.3 Å². The van der Waals surface area contributed by atoms with Crippen LogP contribution in [0.2, 0.25) is 0 Å². The van der Waals surface area contributed by atoms with Crippen molar-refractivity contribution in [1.82, 2.24) is 0 Å². The number of carboxylic acids is 1. The molecular weight excluding hydrogens is 232 g/mol. The van der Waals surface area contributed by atoms with Crippen LogP contribution in [0, 0.1) is 11.8 Å². The van der Waals surface area contributed by atoms with E-state index in [9.17, 15) is 9.59 Å². The molecular formula is C14H22O4. The van der Waals surface area contributed by atoms with Crippen molar-refractivity contribution in [2.45, 2.75) is 39.2 Å². The van der Waals surface area contributed by atoms with Crippen molar-refractivity contribution < 1.29 is 19.4 Å². The summed E-state index contributed by atoms with van der Waals surface area (Å²) >= 11 is 0. The van der Waals surface area contributed by atoms with Crippen LogP contribution < -0.4 is 0 Å². The number of aliphatic carboxylic acids is 1. The minimum absolute atomic E-state index is 0.229. The van der Waals surface area contributed by atoms with E-state index in [2.05, 4.69) is 13.2 Å². The van der Waals surface area contributed by atoms with Gasteiger partial charge in [-0.15, -0.1) is 13.2 Å². The fourth-order valence-electron chi connectivity index (χ4n) is 1.60. The zero-order valence-electron chi connectivity index (χ0n) is 11.3. The molecule has 4 heteroatoms. The smallest absolute Gasteiger partial charge is 0.310 e. The monoisotopic (exact) mass is 254 g/mol. The number of hydrogen-bond donors (Lipinski definition) is 1. The number of carbonyl (C=O) groups is 2. The highest BCUT2D eigenvalue weighted by Gasteiger charge is 2.34. The first-order chi connectivity index (χ1) is 8.22. The van der Waals surface area contributed by atoms with Gasteiger partial charge in [0.15, 0.2) is 0 Å². The van der Waals surface area contributed by atoms with Gasteiger partial charge >= 0.3 is 11.9 Å². The van der Waals surface area contributed by atoms with Crippen molar-refractivity contribution in [2.24, 2.45) is 11.8 Å². The molecule has 0 aliphatic rings. The summed E-state index contributed by atoms with van der Waals surface area (Å²) in [6.07, 6.45) is 3.54. The molecule has 0 amide bonds. The van der Waals surface area contributed by atoms with E-state index in [4.69, 9.17) is 9.84 Å². The highest BCUT2D eigenvalue weighted by atomic mass is 16.6. The predicted octanol–water partition coefficient (Wildman–Crippen LogP) is 2.80. The van der Waals surface area contributed by atoms with E-state index in [0.29, 0.717) is 0 Å². The van der Waals surface area contributed by atoms with Crippen molar-refractivity contribution in [1.29, 1.82) is 0 Å². The van der Waals surface area contributed by atoms with Crippen LogP contribution in [0.3, 0.4) is 0 Å². The minimum atomic E-state index is -1.02. The van der Waals surface area contributed by atoms with Gasteiger partial charge in [0.2, 0.25) is 0 Å². The third kappa shape index (κ3) is 5.66. The molecule has 0 saturated heterocycles. The van der Waals surface area contributed by atoms with E-state index >= 15 is 0 Å². The zero-order valence-corrected chi connectivity index (χ0v) is 11.3. The van der Waals surface area contributed by atoms with Gasteiger partial charge in [0.05, 0.1) is 11.8 Å². The van der Waals surface area contributed by atoms with Gasteiger partial charge in [0, 0.05) is 0 Å². The van der Waals surface area contributed by atoms with Gasteiger partial charge in [-0.3, -0.25) is 9.59 Å². The van der Waals surface area contributed by atoms with Gasteiger partial charge in [0.1, 0.15) is 5.60 Å². The van der Waals surface area contributed by atoms with Crippen LogP contribution in [0.1, 0.15) is 33.6 Å². The summed E-state index contributed by atoms with van der Waals surface area (Å²) in [6.45, 7) is 12.3. The quantitative estimate of drug-likeness (QED) is 0.560. The fourth-order valence-corrected chi connectivity index (χ4v) is 1.60. The number of allylic oxidation sites excluding steroid dienone is 2. The Morgan fingerprint density at radius 1 is 1.17 bits per heavy atom. The average Bonchev–Trinajstić information content (AvgIpc) is 2.20. The molecule has 0 aromatic rings. The number of hydrogen-bond acceptors (Lipinski definition) is 3. The predicted molar refractivity (Wildman–Crippen MR) is 70.1 cm³/mol. The maximum atomic E-state index is 12.0. The molecule has 1 N–H and O–H groups in total. The van der Waals surface area contributed by atoms with E-state index in [1.54, 1.807) is 20.8 Å². The summed E-state index contributed by atoms with van der Waals surface area (Å²) in [6, 6.07) is 0. The summed E-state index contributed by atoms with van der Waals surface area (Å²) in [7, 11) is 0. The van der Waals surface area contributed by atoms with Gasteiger partial charge in [-0.2, -0.15) is 0 Å². The lowest BCUT2D eigenvalue weighted by Gasteiger charge is -2.26. The van der Waals surface area contributed by atoms with Crippen LogP contribution in [-0.2, 0) is 14.3 Å². The van der Waals surface area contributed by atoms with Gasteiger partial charge in [-0.1, -0.05) is 12.2 Å². The maximum Gasteiger partial charge on any atom is 0.310 e. The molecule has 102 valence electrons. The first-order valence-electron chi connectivity index (χ1n) is 5.90. The second-order valence-corrected chi connectivity index (χ2v) is 5.13. The lowest BCUT2D eigenvalue weighted by atomic mass is 9.86. The molecule has 0 fully saturated rings. The van der Waals surface area contributed by atoms with Crippen LogP contribution in [0.15, 0.2) is 25.3 Å². The lowest BCUT2D eigenvalue weighted by molar-refractivity contribution is -0.166. The van der Waals surface area contributed by atoms with E-state index in [1.807, 2.05) is 0 Å². The number of rotatable bonds is 7. The number of carbonyl (C=O) groups excluding carboxylic acids is 1. The summed E-state index contributed by atoms with van der Waals surface area (Å²) in [4.78, 5) is 23.2. The topological polar surface area (TPSA) is 63.6 Å². The average molecular weight is 254 g/mol. The Hall–Kier alpha value is -1.58. The molecule has 0 rings (SSSR count). The summed E-state index contributed by atoms with van der Waals surface area (Å²) in [5.41, 5.74) is -0.631. The van der Waals surface area contributed by atoms with E-state index < -0.39 is 29.4 Å². The Morgan fingerprint density at radius 2 is 1.61 bits per heavy atom. The van der Waals surface area contributed by atoms with Crippen LogP contribution in [0.5, 0.6) is 0 Å². The highest BCUT2D eigenvalue weighted by molar-refractivity contribution is 5.81. The largest absolute Gasteiger partial charge is 0.481 e. The normalized spacial score (nSPS) is 14.4. The van der Waals surface area contributed by atoms with Crippen molar-refractivity contribution in [3.8, 4) is 0 Å². The number of carboxylic acid groups (broad SMARTS) is 1. The Labute approximate surface area is 108 Å². The van der Waals surface area contributed by atoms with E-state index in [1.165, 1.54) is 12.2 Å². The molecule has 18 heavy (non-hydrogen) atoms. The molecule has 2 unspecified atom stereocenters. The first kappa shape index (κ1) is 16.4. The van der Waals surface area contributed by atoms with Gasteiger partial charge in [0.25, 0.3) is 0 Å². The molecule has 0 radical (unpaired) electrons. The van der Waals surface area contributed by atoms with Gasteiger partial charge < -0.3 is 9.84 Å². The Kier molecular flexibility index (Phi) is 6.37. The third-order valence-corrected chi connectivity index (χ3v) is 2.35. The lowest BCUT2D eigenvalue weighted by Crippen LogP contribution is -2.35. The maximum absolute atomic E-state index is 12.0. The van der Waals surface area contributed by atoms with Gasteiger partial charge in [-0.05, 0) is 33.6 Å². The third-order valence-electron chi connectivity index (χ3n) is 2.35. The SMILES string of the molecule is C=CCC(C(=O)O)C(CC=C)C(=O)OC(C)(C)C. The van der Waals surface area contributed by atoms with Crippen LogP contribution in [0.25, 0.3) is 0 Å². The molecule has 0 saturated carbocycles. The molecule has 0 spiro atoms. The molecule has 0 aromatic carbocycles. The van der Waals surface area contributed by atoms with Crippen molar-refractivity contribution >= 4 is 11.9 Å². The van der Waals surface area contributed by atoms with Crippen molar-refractivity contribution in [3.63, 3.8) is 0 Å². The van der Waals surface area contributed by atoms with Crippen LogP contribution in [0.4, 0.5) is 0 Å². The minimum Gasteiger partial charge on any atom is -0.481 e. The van der Waals surface area contributed by atoms with E-state index in [0.717, 1.165) is 0 Å². The molecule has 0 heterocycles. The van der Waals surface area contributed by atoms with Gasteiger partial charge in [-0.25, -0.2) is 0 Å². The molecule has 2 atom stereocenters. The molecule has 0 aliphatic heterocycles. The molecule has 0 bridgehead atoms. The Bertz CT molecular complexity index is 325. The van der Waals surface area contributed by atoms with Crippen LogP contribution in [-0.4, -0.2) is 22.6 Å². The molecule has 4 nitrogen and oxygen atoms in total. The number of esters is 1. The Balaban J connectivity index is 5.01. The van der Waals surface area contributed by atoms with E-state index in [-0.39, 0.29) is 12.8 Å². The summed E-state index contributed by atoms with van der Waals surface area (Å²) < 4.78 is 5.25. The second kappa shape index (κ2) is 6.99. The zero-order chi connectivity index (χ0) is 14.3. The molecule has 0 aromatic heterocycles. The first-order valence-corrected chi connectivity index (χ1v) is 5.90. The summed E-state index contributed by atoms with van der Waals surface area (Å²) in [5.74, 6) is -3.07. The highest BCUT2D eigenvalue weighted by Crippen LogP contribution is 2.24. The Morgan fingerprint density at radius 3 is 1.94 bits per heavy atom. The fraction of sp³-hybridized carbons (Fsp3) is 0.571. The summed E-state index contributed by atoms with van der Waals surface area (Å²) in [5, 5.41) is 9.16. The molecule has 0 aliphatic carbocycles. The standard InChI is InChI=1S/C14H22O4/c1-6-8-10(12(15)16)11(9-7-2)13(17)18-14(3,4)5/h6-7,10-11H,1-2,8-9H2,3-5H3,(H,15,16). The second-order valence-electron chi connectivity index (χ2n) is 5.13. The van der Waals surface area contributed by atoms with Crippen LogP contribution >= 0.6 is 0 Å².